The van der Waals surface area contributed by atoms with Gasteiger partial charge in [0, 0.05) is 31.2 Å². The van der Waals surface area contributed by atoms with Gasteiger partial charge in [-0.1, -0.05) is 17.7 Å². The number of amides is 1. The van der Waals surface area contributed by atoms with Crippen molar-refractivity contribution in [3.05, 3.63) is 29.3 Å². The Labute approximate surface area is 107 Å². The molecule has 1 aliphatic rings. The van der Waals surface area contributed by atoms with Crippen LogP contribution in [0.3, 0.4) is 0 Å². The molecule has 0 atom stereocenters. The number of nitrogens with zero attached hydrogens (tertiary/aromatic N) is 1. The molecule has 1 aromatic rings. The Bertz CT molecular complexity index is 439. The lowest BCUT2D eigenvalue weighted by Crippen LogP contribution is -2.51. The zero-order valence-electron chi connectivity index (χ0n) is 10.8. The average Bonchev–Trinajstić information content (AvgIpc) is 2.28. The molecule has 0 saturated carbocycles. The van der Waals surface area contributed by atoms with Gasteiger partial charge in [0.2, 0.25) is 5.91 Å². The molecule has 0 aromatic heterocycles. The van der Waals surface area contributed by atoms with Crippen LogP contribution in [-0.2, 0) is 11.2 Å². The second kappa shape index (κ2) is 5.40. The minimum atomic E-state index is 0.101. The van der Waals surface area contributed by atoms with Crippen molar-refractivity contribution in [1.29, 1.82) is 0 Å². The third kappa shape index (κ3) is 2.64. The second-order valence-electron chi connectivity index (χ2n) is 4.84. The summed E-state index contributed by atoms with van der Waals surface area (Å²) >= 11 is 0. The number of rotatable bonds is 4. The number of hydrogen-bond donors (Lipinski definition) is 1. The Morgan fingerprint density at radius 3 is 2.83 bits per heavy atom. The molecule has 0 aliphatic carbocycles. The van der Waals surface area contributed by atoms with Gasteiger partial charge in [-0.3, -0.25) is 4.79 Å². The molecule has 4 heteroatoms. The zero-order chi connectivity index (χ0) is 13.1. The van der Waals surface area contributed by atoms with E-state index >= 15 is 0 Å². The van der Waals surface area contributed by atoms with Gasteiger partial charge in [-0.05, 0) is 13.0 Å². The fourth-order valence-electron chi connectivity index (χ4n) is 2.21. The quantitative estimate of drug-likeness (QED) is 0.866. The molecule has 1 heterocycles. The van der Waals surface area contributed by atoms with E-state index in [1.807, 2.05) is 25.1 Å². The molecule has 1 aromatic carbocycles. The first-order valence-corrected chi connectivity index (χ1v) is 6.16. The number of aliphatic hydroxyl groups is 1. The third-order valence-electron chi connectivity index (χ3n) is 3.35. The molecule has 1 fully saturated rings. The average molecular weight is 249 g/mol. The number of benzene rings is 1. The summed E-state index contributed by atoms with van der Waals surface area (Å²) in [6, 6.07) is 5.85. The van der Waals surface area contributed by atoms with Crippen LogP contribution < -0.4 is 4.74 Å². The van der Waals surface area contributed by atoms with Gasteiger partial charge in [-0.2, -0.15) is 0 Å². The summed E-state index contributed by atoms with van der Waals surface area (Å²) in [7, 11) is 1.62. The first kappa shape index (κ1) is 12.9. The number of aliphatic hydroxyl groups excluding tert-OH is 1. The first-order chi connectivity index (χ1) is 8.63. The summed E-state index contributed by atoms with van der Waals surface area (Å²) in [5.41, 5.74) is 2.05. The zero-order valence-corrected chi connectivity index (χ0v) is 10.8. The Morgan fingerprint density at radius 2 is 2.22 bits per heavy atom. The summed E-state index contributed by atoms with van der Waals surface area (Å²) in [5.74, 6) is 1.12. The third-order valence-corrected chi connectivity index (χ3v) is 3.35. The van der Waals surface area contributed by atoms with Crippen LogP contribution in [0.2, 0.25) is 0 Å². The molecule has 1 saturated heterocycles. The van der Waals surface area contributed by atoms with Crippen LogP contribution in [0, 0.1) is 12.8 Å². The van der Waals surface area contributed by atoms with E-state index in [4.69, 9.17) is 9.84 Å². The maximum Gasteiger partial charge on any atom is 0.227 e. The summed E-state index contributed by atoms with van der Waals surface area (Å²) in [5, 5.41) is 8.94. The lowest BCUT2D eigenvalue weighted by atomic mass is 9.99. The molecule has 1 amide bonds. The van der Waals surface area contributed by atoms with Crippen molar-refractivity contribution in [3.63, 3.8) is 0 Å². The SMILES string of the molecule is COc1ccc(C)cc1CC(=O)N1CC(CO)C1. The van der Waals surface area contributed by atoms with E-state index in [2.05, 4.69) is 0 Å². The Morgan fingerprint density at radius 1 is 1.50 bits per heavy atom. The fourth-order valence-corrected chi connectivity index (χ4v) is 2.21. The molecule has 2 rings (SSSR count). The second-order valence-corrected chi connectivity index (χ2v) is 4.84. The van der Waals surface area contributed by atoms with Crippen LogP contribution in [0.5, 0.6) is 5.75 Å². The number of hydrogen-bond acceptors (Lipinski definition) is 3. The summed E-state index contributed by atoms with van der Waals surface area (Å²) in [6.07, 6.45) is 0.364. The van der Waals surface area contributed by atoms with E-state index in [1.54, 1.807) is 12.0 Å². The van der Waals surface area contributed by atoms with Crippen LogP contribution in [0.25, 0.3) is 0 Å². The molecule has 1 N–H and O–H groups in total. The van der Waals surface area contributed by atoms with E-state index in [0.29, 0.717) is 19.5 Å². The highest BCUT2D eigenvalue weighted by Crippen LogP contribution is 2.22. The van der Waals surface area contributed by atoms with Crippen molar-refractivity contribution in [2.75, 3.05) is 26.8 Å². The molecule has 0 radical (unpaired) electrons. The molecule has 0 spiro atoms. The number of ether oxygens (including phenoxy) is 1. The smallest absolute Gasteiger partial charge is 0.227 e. The van der Waals surface area contributed by atoms with Crippen molar-refractivity contribution < 1.29 is 14.6 Å². The fraction of sp³-hybridized carbons (Fsp3) is 0.500. The topological polar surface area (TPSA) is 49.8 Å². The number of methoxy groups -OCH3 is 1. The first-order valence-electron chi connectivity index (χ1n) is 6.16. The van der Waals surface area contributed by atoms with E-state index in [0.717, 1.165) is 16.9 Å². The van der Waals surface area contributed by atoms with Crippen molar-refractivity contribution in [1.82, 2.24) is 4.90 Å². The normalized spacial score (nSPS) is 15.4. The highest BCUT2D eigenvalue weighted by atomic mass is 16.5. The van der Waals surface area contributed by atoms with E-state index in [1.165, 1.54) is 0 Å². The Balaban J connectivity index is 2.01. The maximum absolute atomic E-state index is 12.0. The Hall–Kier alpha value is -1.55. The lowest BCUT2D eigenvalue weighted by Gasteiger charge is -2.38. The molecular weight excluding hydrogens is 230 g/mol. The van der Waals surface area contributed by atoms with Crippen LogP contribution in [-0.4, -0.2) is 42.7 Å². The number of carbonyl (C=O) groups is 1. The van der Waals surface area contributed by atoms with Gasteiger partial charge in [-0.25, -0.2) is 0 Å². The molecule has 98 valence electrons. The van der Waals surface area contributed by atoms with E-state index in [9.17, 15) is 4.79 Å². The van der Waals surface area contributed by atoms with Crippen LogP contribution >= 0.6 is 0 Å². The van der Waals surface area contributed by atoms with Crippen LogP contribution in [0.4, 0.5) is 0 Å². The van der Waals surface area contributed by atoms with Gasteiger partial charge in [0.05, 0.1) is 13.5 Å². The van der Waals surface area contributed by atoms with E-state index < -0.39 is 0 Å². The van der Waals surface area contributed by atoms with Gasteiger partial charge in [0.15, 0.2) is 0 Å². The lowest BCUT2D eigenvalue weighted by molar-refractivity contribution is -0.137. The van der Waals surface area contributed by atoms with Crippen molar-refractivity contribution >= 4 is 5.91 Å². The predicted molar refractivity (Wildman–Crippen MR) is 68.6 cm³/mol. The van der Waals surface area contributed by atoms with Gasteiger partial charge < -0.3 is 14.7 Å². The minimum absolute atomic E-state index is 0.101. The number of carbonyl (C=O) groups excluding carboxylic acids is 1. The maximum atomic E-state index is 12.0. The molecule has 0 unspecified atom stereocenters. The summed E-state index contributed by atoms with van der Waals surface area (Å²) in [4.78, 5) is 13.8. The molecule has 18 heavy (non-hydrogen) atoms. The molecular formula is C14H19NO3. The number of aryl methyl sites for hydroxylation is 1. The van der Waals surface area contributed by atoms with Gasteiger partial charge >= 0.3 is 0 Å². The van der Waals surface area contributed by atoms with Gasteiger partial charge in [0.25, 0.3) is 0 Å². The standard InChI is InChI=1S/C14H19NO3/c1-10-3-4-13(18-2)12(5-10)6-14(17)15-7-11(8-15)9-16/h3-5,11,16H,6-9H2,1-2H3. The molecule has 0 bridgehead atoms. The van der Waals surface area contributed by atoms with Crippen molar-refractivity contribution in [3.8, 4) is 5.75 Å². The summed E-state index contributed by atoms with van der Waals surface area (Å²) < 4.78 is 5.26. The predicted octanol–water partition coefficient (Wildman–Crippen LogP) is 0.997. The van der Waals surface area contributed by atoms with Crippen LogP contribution in [0.15, 0.2) is 18.2 Å². The van der Waals surface area contributed by atoms with Crippen LogP contribution in [0.1, 0.15) is 11.1 Å². The highest BCUT2D eigenvalue weighted by Gasteiger charge is 2.30. The minimum Gasteiger partial charge on any atom is -0.496 e. The van der Waals surface area contributed by atoms with Gasteiger partial charge in [0.1, 0.15) is 5.75 Å². The van der Waals surface area contributed by atoms with Crippen molar-refractivity contribution in [2.45, 2.75) is 13.3 Å². The highest BCUT2D eigenvalue weighted by molar-refractivity contribution is 5.80. The van der Waals surface area contributed by atoms with Crippen molar-refractivity contribution in [2.24, 2.45) is 5.92 Å². The molecule has 1 aliphatic heterocycles. The monoisotopic (exact) mass is 249 g/mol. The summed E-state index contributed by atoms with van der Waals surface area (Å²) in [6.45, 7) is 3.50. The Kier molecular flexibility index (Phi) is 3.87. The van der Waals surface area contributed by atoms with Gasteiger partial charge in [-0.15, -0.1) is 0 Å². The number of likely N-dealkylation sites (tertiary alicyclic amines) is 1. The van der Waals surface area contributed by atoms with E-state index in [-0.39, 0.29) is 18.4 Å². The molecule has 4 nitrogen and oxygen atoms in total. The largest absolute Gasteiger partial charge is 0.496 e.